The standard InChI is InChI=1S/C23H23NO3/c1-2-27-15-9-7-13(8-10-15)16-5-3-4-6-17(16)18-11-14-12-19(18)21-20(14)22(25)24-23(21)26/h7-11,16-17H,2-6,12H2,1H3,(H,24,25,26). The lowest BCUT2D eigenvalue weighted by Crippen LogP contribution is -2.24. The van der Waals surface area contributed by atoms with Gasteiger partial charge >= 0.3 is 0 Å². The van der Waals surface area contributed by atoms with Crippen LogP contribution in [0.5, 0.6) is 5.75 Å². The van der Waals surface area contributed by atoms with Crippen LogP contribution in [-0.4, -0.2) is 18.4 Å². The third-order valence-corrected chi connectivity index (χ3v) is 6.38. The van der Waals surface area contributed by atoms with Crippen molar-refractivity contribution in [2.75, 3.05) is 6.61 Å². The maximum Gasteiger partial charge on any atom is 0.259 e. The minimum absolute atomic E-state index is 0.209. The minimum atomic E-state index is -0.220. The van der Waals surface area contributed by atoms with Gasteiger partial charge in [-0.2, -0.15) is 0 Å². The summed E-state index contributed by atoms with van der Waals surface area (Å²) in [4.78, 5) is 24.3. The van der Waals surface area contributed by atoms with E-state index in [1.165, 1.54) is 24.0 Å². The fourth-order valence-electron chi connectivity index (χ4n) is 5.27. The molecule has 27 heavy (non-hydrogen) atoms. The van der Waals surface area contributed by atoms with Gasteiger partial charge in [0.05, 0.1) is 17.8 Å². The average molecular weight is 361 g/mol. The van der Waals surface area contributed by atoms with Gasteiger partial charge in [0.15, 0.2) is 0 Å². The van der Waals surface area contributed by atoms with Crippen LogP contribution in [-0.2, 0) is 9.59 Å². The molecule has 5 rings (SSSR count). The maximum atomic E-state index is 12.3. The molecule has 2 unspecified atom stereocenters. The number of carbonyl (C=O) groups is 2. The summed E-state index contributed by atoms with van der Waals surface area (Å²) < 4.78 is 5.58. The zero-order valence-electron chi connectivity index (χ0n) is 15.5. The molecular formula is C23H23NO3. The smallest absolute Gasteiger partial charge is 0.259 e. The molecule has 2 amide bonds. The van der Waals surface area contributed by atoms with Crippen molar-refractivity contribution in [2.45, 2.75) is 44.9 Å². The highest BCUT2D eigenvalue weighted by molar-refractivity contribution is 6.25. The molecule has 0 saturated heterocycles. The minimum Gasteiger partial charge on any atom is -0.494 e. The fourth-order valence-corrected chi connectivity index (χ4v) is 5.27. The molecule has 1 aromatic carbocycles. The van der Waals surface area contributed by atoms with E-state index in [1.54, 1.807) is 0 Å². The third kappa shape index (κ3) is 2.50. The summed E-state index contributed by atoms with van der Waals surface area (Å²) in [5.41, 5.74) is 6.07. The lowest BCUT2D eigenvalue weighted by atomic mass is 9.70. The van der Waals surface area contributed by atoms with Crippen LogP contribution in [0.25, 0.3) is 0 Å². The predicted octanol–water partition coefficient (Wildman–Crippen LogP) is 3.95. The largest absolute Gasteiger partial charge is 0.494 e. The fraction of sp³-hybridized carbons (Fsp3) is 0.391. The van der Waals surface area contributed by atoms with Gasteiger partial charge in [-0.05, 0) is 72.4 Å². The summed E-state index contributed by atoms with van der Waals surface area (Å²) in [7, 11) is 0. The first-order valence-corrected chi connectivity index (χ1v) is 9.94. The van der Waals surface area contributed by atoms with Gasteiger partial charge in [0.25, 0.3) is 11.8 Å². The van der Waals surface area contributed by atoms with Crippen molar-refractivity contribution in [3.63, 3.8) is 0 Å². The second kappa shape index (κ2) is 6.22. The van der Waals surface area contributed by atoms with Crippen molar-refractivity contribution in [3.8, 4) is 5.75 Å². The van der Waals surface area contributed by atoms with Crippen LogP contribution in [0.4, 0.5) is 0 Å². The van der Waals surface area contributed by atoms with Crippen LogP contribution in [0.15, 0.2) is 58.2 Å². The van der Waals surface area contributed by atoms with Crippen molar-refractivity contribution in [3.05, 3.63) is 63.8 Å². The first-order valence-electron chi connectivity index (χ1n) is 9.94. The van der Waals surface area contributed by atoms with Gasteiger partial charge in [-0.3, -0.25) is 14.9 Å². The van der Waals surface area contributed by atoms with E-state index >= 15 is 0 Å². The van der Waals surface area contributed by atoms with E-state index in [9.17, 15) is 9.59 Å². The Morgan fingerprint density at radius 1 is 1.00 bits per heavy atom. The number of nitrogens with one attached hydrogen (secondary N) is 1. The van der Waals surface area contributed by atoms with E-state index in [4.69, 9.17) is 4.74 Å². The summed E-state index contributed by atoms with van der Waals surface area (Å²) in [6.07, 6.45) is 7.71. The summed E-state index contributed by atoms with van der Waals surface area (Å²) in [5.74, 6) is 1.36. The molecule has 3 aliphatic carbocycles. The number of benzene rings is 1. The number of allylic oxidation sites excluding steroid dienone is 2. The van der Waals surface area contributed by atoms with Crippen LogP contribution in [0, 0.1) is 5.92 Å². The van der Waals surface area contributed by atoms with E-state index in [1.807, 2.05) is 6.92 Å². The lowest BCUT2D eigenvalue weighted by molar-refractivity contribution is -0.124. The van der Waals surface area contributed by atoms with Gasteiger partial charge in [0, 0.05) is 0 Å². The molecule has 4 heteroatoms. The number of imide groups is 1. The molecule has 2 atom stereocenters. The molecule has 0 spiro atoms. The van der Waals surface area contributed by atoms with Crippen LogP contribution >= 0.6 is 0 Å². The third-order valence-electron chi connectivity index (χ3n) is 6.38. The number of fused-ring (bicyclic) bond motifs is 4. The molecule has 2 bridgehead atoms. The van der Waals surface area contributed by atoms with Crippen LogP contribution in [0.1, 0.15) is 50.5 Å². The van der Waals surface area contributed by atoms with E-state index in [0.29, 0.717) is 29.6 Å². The molecule has 1 saturated carbocycles. The van der Waals surface area contributed by atoms with Gasteiger partial charge < -0.3 is 4.74 Å². The van der Waals surface area contributed by atoms with Crippen LogP contribution in [0.2, 0.25) is 0 Å². The Hall–Kier alpha value is -2.62. The molecule has 138 valence electrons. The molecule has 1 fully saturated rings. The van der Waals surface area contributed by atoms with Gasteiger partial charge in [0.2, 0.25) is 0 Å². The molecule has 1 N–H and O–H groups in total. The van der Waals surface area contributed by atoms with E-state index in [2.05, 4.69) is 35.7 Å². The van der Waals surface area contributed by atoms with Crippen molar-refractivity contribution < 1.29 is 14.3 Å². The number of ether oxygens (including phenoxy) is 1. The number of amides is 2. The molecule has 1 aromatic rings. The maximum absolute atomic E-state index is 12.3. The number of carbonyl (C=O) groups excluding carboxylic acids is 2. The zero-order chi connectivity index (χ0) is 18.5. The monoisotopic (exact) mass is 361 g/mol. The Labute approximate surface area is 159 Å². The van der Waals surface area contributed by atoms with E-state index < -0.39 is 0 Å². The summed E-state index contributed by atoms with van der Waals surface area (Å²) >= 11 is 0. The Morgan fingerprint density at radius 3 is 2.44 bits per heavy atom. The number of rotatable bonds is 4. The first kappa shape index (κ1) is 16.5. The lowest BCUT2D eigenvalue weighted by Gasteiger charge is -2.34. The Kier molecular flexibility index (Phi) is 3.81. The van der Waals surface area contributed by atoms with E-state index in [-0.39, 0.29) is 11.8 Å². The highest BCUT2D eigenvalue weighted by Crippen LogP contribution is 2.52. The van der Waals surface area contributed by atoms with Gasteiger partial charge in [-0.25, -0.2) is 0 Å². The van der Waals surface area contributed by atoms with Crippen molar-refractivity contribution in [1.29, 1.82) is 0 Å². The Balaban J connectivity index is 1.50. The van der Waals surface area contributed by atoms with Crippen molar-refractivity contribution in [1.82, 2.24) is 5.32 Å². The molecule has 1 aliphatic heterocycles. The molecule has 4 nitrogen and oxygen atoms in total. The Morgan fingerprint density at radius 2 is 1.70 bits per heavy atom. The number of hydrogen-bond donors (Lipinski definition) is 1. The highest BCUT2D eigenvalue weighted by Gasteiger charge is 2.45. The quantitative estimate of drug-likeness (QED) is 0.826. The number of hydrogen-bond acceptors (Lipinski definition) is 3. The molecule has 1 heterocycles. The molecular weight excluding hydrogens is 338 g/mol. The molecule has 0 aromatic heterocycles. The van der Waals surface area contributed by atoms with Crippen LogP contribution in [0.3, 0.4) is 0 Å². The predicted molar refractivity (Wildman–Crippen MR) is 102 cm³/mol. The van der Waals surface area contributed by atoms with Gasteiger partial charge in [0.1, 0.15) is 5.75 Å². The van der Waals surface area contributed by atoms with Gasteiger partial charge in [-0.15, -0.1) is 0 Å². The molecule has 0 radical (unpaired) electrons. The van der Waals surface area contributed by atoms with Crippen molar-refractivity contribution >= 4 is 11.8 Å². The first-order chi connectivity index (χ1) is 13.2. The average Bonchev–Trinajstić information content (AvgIpc) is 3.35. The second-order valence-corrected chi connectivity index (χ2v) is 7.81. The SMILES string of the molecule is CCOc1ccc(C2CCCCC2C2=C3CC(=C2)C2=C3C(=O)NC2=O)cc1. The molecule has 4 aliphatic rings. The summed E-state index contributed by atoms with van der Waals surface area (Å²) in [6.45, 7) is 2.67. The summed E-state index contributed by atoms with van der Waals surface area (Å²) in [5, 5.41) is 2.46. The highest BCUT2D eigenvalue weighted by atomic mass is 16.5. The Bertz CT molecular complexity index is 933. The topological polar surface area (TPSA) is 55.4 Å². The van der Waals surface area contributed by atoms with Gasteiger partial charge in [-0.1, -0.05) is 31.1 Å². The second-order valence-electron chi connectivity index (χ2n) is 7.81. The van der Waals surface area contributed by atoms with Crippen LogP contribution < -0.4 is 10.1 Å². The van der Waals surface area contributed by atoms with E-state index in [0.717, 1.165) is 36.2 Å². The normalized spacial score (nSPS) is 26.5. The zero-order valence-corrected chi connectivity index (χ0v) is 15.5. The summed E-state index contributed by atoms with van der Waals surface area (Å²) in [6, 6.07) is 8.50. The van der Waals surface area contributed by atoms with Crippen molar-refractivity contribution in [2.24, 2.45) is 5.92 Å².